The van der Waals surface area contributed by atoms with Crippen LogP contribution < -0.4 is 5.32 Å². The van der Waals surface area contributed by atoms with E-state index in [1.807, 2.05) is 11.3 Å². The molecule has 0 saturated heterocycles. The molecule has 0 spiro atoms. The van der Waals surface area contributed by atoms with Crippen molar-refractivity contribution in [1.82, 2.24) is 5.32 Å². The Morgan fingerprint density at radius 3 is 2.56 bits per heavy atom. The van der Waals surface area contributed by atoms with Gasteiger partial charge in [0.2, 0.25) is 0 Å². The monoisotopic (exact) mass is 261 g/mol. The summed E-state index contributed by atoms with van der Waals surface area (Å²) in [5.41, 5.74) is 1.92. The second-order valence-electron chi connectivity index (χ2n) is 5.17. The van der Waals surface area contributed by atoms with Crippen LogP contribution in [0.1, 0.15) is 32.3 Å². The van der Waals surface area contributed by atoms with Crippen LogP contribution in [0, 0.1) is 5.41 Å². The number of rotatable bonds is 6. The Labute approximate surface area is 114 Å². The Morgan fingerprint density at radius 2 is 1.89 bits per heavy atom. The fourth-order valence-corrected chi connectivity index (χ4v) is 3.72. The van der Waals surface area contributed by atoms with Gasteiger partial charge >= 0.3 is 0 Å². The predicted octanol–water partition coefficient (Wildman–Crippen LogP) is 4.47. The molecule has 0 atom stereocenters. The summed E-state index contributed by atoms with van der Waals surface area (Å²) in [6.45, 7) is 5.73. The molecule has 0 saturated carbocycles. The fraction of sp³-hybridized carbons (Fsp3) is 0.500. The van der Waals surface area contributed by atoms with Gasteiger partial charge < -0.3 is 5.32 Å². The standard InChI is InChI=1S/C16H23NS/c1-4-16(5-2,12-17-3)10-13-11-18-15-9-7-6-8-14(13)15/h6-9,11,17H,4-5,10,12H2,1-3H3. The summed E-state index contributed by atoms with van der Waals surface area (Å²) in [7, 11) is 2.06. The second-order valence-corrected chi connectivity index (χ2v) is 6.08. The number of benzene rings is 1. The number of hydrogen-bond acceptors (Lipinski definition) is 2. The van der Waals surface area contributed by atoms with Crippen molar-refractivity contribution in [2.24, 2.45) is 5.41 Å². The van der Waals surface area contributed by atoms with Crippen molar-refractivity contribution in [1.29, 1.82) is 0 Å². The molecule has 18 heavy (non-hydrogen) atoms. The van der Waals surface area contributed by atoms with Gasteiger partial charge in [-0.25, -0.2) is 0 Å². The van der Waals surface area contributed by atoms with E-state index in [1.54, 1.807) is 0 Å². The maximum atomic E-state index is 3.37. The lowest BCUT2D eigenvalue weighted by molar-refractivity contribution is 0.254. The van der Waals surface area contributed by atoms with Crippen LogP contribution in [0.25, 0.3) is 10.1 Å². The highest BCUT2D eigenvalue weighted by molar-refractivity contribution is 7.17. The zero-order chi connectivity index (χ0) is 13.0. The van der Waals surface area contributed by atoms with Crippen molar-refractivity contribution in [2.45, 2.75) is 33.1 Å². The highest BCUT2D eigenvalue weighted by atomic mass is 32.1. The van der Waals surface area contributed by atoms with Crippen LogP contribution >= 0.6 is 11.3 Å². The molecular weight excluding hydrogens is 238 g/mol. The van der Waals surface area contributed by atoms with Crippen molar-refractivity contribution < 1.29 is 0 Å². The highest BCUT2D eigenvalue weighted by Gasteiger charge is 2.26. The van der Waals surface area contributed by atoms with Crippen LogP contribution in [0.4, 0.5) is 0 Å². The van der Waals surface area contributed by atoms with Gasteiger partial charge in [-0.3, -0.25) is 0 Å². The van der Waals surface area contributed by atoms with E-state index in [4.69, 9.17) is 0 Å². The summed E-state index contributed by atoms with van der Waals surface area (Å²) in [5, 5.41) is 7.17. The summed E-state index contributed by atoms with van der Waals surface area (Å²) >= 11 is 1.87. The molecule has 1 N–H and O–H groups in total. The first-order valence-corrected chi connectivity index (χ1v) is 7.72. The largest absolute Gasteiger partial charge is 0.319 e. The number of fused-ring (bicyclic) bond motifs is 1. The van der Waals surface area contributed by atoms with Crippen molar-refractivity contribution in [3.8, 4) is 0 Å². The molecule has 0 bridgehead atoms. The minimum atomic E-state index is 0.401. The Hall–Kier alpha value is -0.860. The quantitative estimate of drug-likeness (QED) is 0.809. The summed E-state index contributed by atoms with van der Waals surface area (Å²) in [6.07, 6.45) is 3.65. The average molecular weight is 261 g/mol. The van der Waals surface area contributed by atoms with Crippen molar-refractivity contribution in [3.05, 3.63) is 35.2 Å². The highest BCUT2D eigenvalue weighted by Crippen LogP contribution is 2.35. The third kappa shape index (κ3) is 2.60. The molecule has 0 fully saturated rings. The van der Waals surface area contributed by atoms with Crippen LogP contribution in [0.5, 0.6) is 0 Å². The van der Waals surface area contributed by atoms with Crippen LogP contribution in [-0.4, -0.2) is 13.6 Å². The van der Waals surface area contributed by atoms with Crippen LogP contribution in [0.2, 0.25) is 0 Å². The van der Waals surface area contributed by atoms with E-state index in [0.29, 0.717) is 5.41 Å². The SMILES string of the molecule is CCC(CC)(CNC)Cc1csc2ccccc12. The van der Waals surface area contributed by atoms with Gasteiger partial charge in [-0.15, -0.1) is 11.3 Å². The lowest BCUT2D eigenvalue weighted by atomic mass is 9.77. The molecule has 1 heterocycles. The van der Waals surface area contributed by atoms with E-state index in [1.165, 1.54) is 34.9 Å². The molecule has 1 aromatic heterocycles. The minimum Gasteiger partial charge on any atom is -0.319 e. The fourth-order valence-electron chi connectivity index (χ4n) is 2.76. The molecule has 98 valence electrons. The summed E-state index contributed by atoms with van der Waals surface area (Å²) < 4.78 is 1.41. The van der Waals surface area contributed by atoms with Gasteiger partial charge in [-0.2, -0.15) is 0 Å². The second kappa shape index (κ2) is 5.85. The summed E-state index contributed by atoms with van der Waals surface area (Å²) in [6, 6.07) is 8.76. The van der Waals surface area contributed by atoms with E-state index in [9.17, 15) is 0 Å². The van der Waals surface area contributed by atoms with Crippen molar-refractivity contribution in [2.75, 3.05) is 13.6 Å². The smallest absolute Gasteiger partial charge is 0.0345 e. The lowest BCUT2D eigenvalue weighted by Crippen LogP contribution is -2.33. The molecule has 1 nitrogen and oxygen atoms in total. The summed E-state index contributed by atoms with van der Waals surface area (Å²) in [4.78, 5) is 0. The number of nitrogens with one attached hydrogen (secondary N) is 1. The van der Waals surface area contributed by atoms with E-state index >= 15 is 0 Å². The number of hydrogen-bond donors (Lipinski definition) is 1. The average Bonchev–Trinajstić information content (AvgIpc) is 2.81. The minimum absolute atomic E-state index is 0.401. The Balaban J connectivity index is 2.31. The van der Waals surface area contributed by atoms with Crippen molar-refractivity contribution in [3.63, 3.8) is 0 Å². The first-order chi connectivity index (χ1) is 8.74. The van der Waals surface area contributed by atoms with Crippen LogP contribution in [0.3, 0.4) is 0 Å². The Bertz CT molecular complexity index is 497. The zero-order valence-corrected chi connectivity index (χ0v) is 12.4. The predicted molar refractivity (Wildman–Crippen MR) is 82.5 cm³/mol. The van der Waals surface area contributed by atoms with E-state index in [-0.39, 0.29) is 0 Å². The molecule has 1 aromatic carbocycles. The lowest BCUT2D eigenvalue weighted by Gasteiger charge is -2.31. The normalized spacial score (nSPS) is 12.2. The molecular formula is C16H23NS. The Kier molecular flexibility index (Phi) is 4.41. The molecule has 0 aliphatic heterocycles. The zero-order valence-electron chi connectivity index (χ0n) is 11.6. The number of thiophene rings is 1. The van der Waals surface area contributed by atoms with Gasteiger partial charge in [-0.05, 0) is 54.1 Å². The van der Waals surface area contributed by atoms with Gasteiger partial charge in [0.15, 0.2) is 0 Å². The Morgan fingerprint density at radius 1 is 1.17 bits per heavy atom. The van der Waals surface area contributed by atoms with E-state index in [2.05, 4.69) is 55.9 Å². The van der Waals surface area contributed by atoms with Crippen molar-refractivity contribution >= 4 is 21.4 Å². The van der Waals surface area contributed by atoms with Gasteiger partial charge in [-0.1, -0.05) is 32.0 Å². The molecule has 0 amide bonds. The molecule has 0 aliphatic rings. The molecule has 2 aromatic rings. The topological polar surface area (TPSA) is 12.0 Å². The van der Waals surface area contributed by atoms with E-state index < -0.39 is 0 Å². The van der Waals surface area contributed by atoms with Crippen LogP contribution in [0.15, 0.2) is 29.6 Å². The molecule has 0 aliphatic carbocycles. The molecule has 0 radical (unpaired) electrons. The third-order valence-electron chi connectivity index (χ3n) is 4.18. The summed E-state index contributed by atoms with van der Waals surface area (Å²) in [5.74, 6) is 0. The maximum Gasteiger partial charge on any atom is 0.0345 e. The van der Waals surface area contributed by atoms with Gasteiger partial charge in [0.05, 0.1) is 0 Å². The van der Waals surface area contributed by atoms with Crippen LogP contribution in [-0.2, 0) is 6.42 Å². The van der Waals surface area contributed by atoms with Gasteiger partial charge in [0, 0.05) is 11.2 Å². The maximum absolute atomic E-state index is 3.37. The van der Waals surface area contributed by atoms with Gasteiger partial charge in [0.25, 0.3) is 0 Å². The molecule has 2 rings (SSSR count). The van der Waals surface area contributed by atoms with E-state index in [0.717, 1.165) is 6.54 Å². The third-order valence-corrected chi connectivity index (χ3v) is 5.19. The first kappa shape index (κ1) is 13.6. The molecule has 2 heteroatoms. The molecule has 0 unspecified atom stereocenters. The van der Waals surface area contributed by atoms with Gasteiger partial charge in [0.1, 0.15) is 0 Å². The first-order valence-electron chi connectivity index (χ1n) is 6.84.